The maximum absolute atomic E-state index is 11.6. The molecule has 0 heterocycles. The van der Waals surface area contributed by atoms with Crippen LogP contribution in [0.25, 0.3) is 0 Å². The average molecular weight is 369 g/mol. The molecule has 0 spiro atoms. The Labute approximate surface area is 162 Å². The lowest BCUT2D eigenvalue weighted by Gasteiger charge is -2.06. The maximum atomic E-state index is 11.6. The third-order valence-electron chi connectivity index (χ3n) is 4.58. The second-order valence-corrected chi connectivity index (χ2v) is 7.16. The van der Waals surface area contributed by atoms with Crippen molar-refractivity contribution >= 4 is 5.91 Å². The third-order valence-corrected chi connectivity index (χ3v) is 4.58. The Morgan fingerprint density at radius 1 is 0.769 bits per heavy atom. The fourth-order valence-electron chi connectivity index (χ4n) is 2.94. The van der Waals surface area contributed by atoms with Gasteiger partial charge in [-0.15, -0.1) is 0 Å². The van der Waals surface area contributed by atoms with Gasteiger partial charge in [0.1, 0.15) is 0 Å². The molecule has 0 saturated carbocycles. The summed E-state index contributed by atoms with van der Waals surface area (Å²) in [4.78, 5) is 11.6. The Bertz CT molecular complexity index is 319. The molecule has 4 heteroatoms. The van der Waals surface area contributed by atoms with E-state index in [0.29, 0.717) is 19.5 Å². The lowest BCUT2D eigenvalue weighted by Crippen LogP contribution is -2.32. The number of aliphatic hydroxyl groups is 1. The van der Waals surface area contributed by atoms with E-state index in [-0.39, 0.29) is 12.5 Å². The van der Waals surface area contributed by atoms with Crippen LogP contribution in [0, 0.1) is 0 Å². The number of rotatable bonds is 20. The molecule has 26 heavy (non-hydrogen) atoms. The van der Waals surface area contributed by atoms with Crippen LogP contribution in [0.4, 0.5) is 0 Å². The fourth-order valence-corrected chi connectivity index (χ4v) is 2.94. The van der Waals surface area contributed by atoms with E-state index in [1.54, 1.807) is 0 Å². The first-order valence-electron chi connectivity index (χ1n) is 11.0. The van der Waals surface area contributed by atoms with Gasteiger partial charge in [0.2, 0.25) is 5.91 Å². The summed E-state index contributed by atoms with van der Waals surface area (Å²) in [6.07, 6.45) is 22.0. The van der Waals surface area contributed by atoms with Crippen molar-refractivity contribution in [1.82, 2.24) is 10.6 Å². The highest BCUT2D eigenvalue weighted by molar-refractivity contribution is 5.75. The lowest BCUT2D eigenvalue weighted by molar-refractivity contribution is -0.121. The molecule has 0 aliphatic carbocycles. The van der Waals surface area contributed by atoms with Crippen molar-refractivity contribution in [1.29, 1.82) is 0 Å². The average Bonchev–Trinajstić information content (AvgIpc) is 2.64. The lowest BCUT2D eigenvalue weighted by atomic mass is 10.1. The monoisotopic (exact) mass is 368 g/mol. The van der Waals surface area contributed by atoms with Crippen molar-refractivity contribution in [3.63, 3.8) is 0 Å². The van der Waals surface area contributed by atoms with Gasteiger partial charge in [0.05, 0.1) is 6.61 Å². The van der Waals surface area contributed by atoms with Crippen LogP contribution in [0.3, 0.4) is 0 Å². The standard InChI is InChI=1S/C22H44N2O2/c1-2-3-4-5-6-7-8-9-10-11-12-13-14-15-16-17-22(26)24-19-18-23-20-21-25/h9-10,23,25H,2-8,11-21H2,1H3,(H,24,26)/b10-9-. The molecule has 1 amide bonds. The molecule has 0 aromatic heterocycles. The number of aliphatic hydroxyl groups excluding tert-OH is 1. The van der Waals surface area contributed by atoms with Crippen molar-refractivity contribution < 1.29 is 9.90 Å². The molecule has 0 saturated heterocycles. The Balaban J connectivity index is 3.18. The second-order valence-electron chi connectivity index (χ2n) is 7.16. The van der Waals surface area contributed by atoms with Crippen LogP contribution in [-0.4, -0.2) is 37.3 Å². The second kappa shape index (κ2) is 22.2. The molecule has 0 aromatic rings. The molecule has 0 aliphatic rings. The number of unbranched alkanes of at least 4 members (excludes halogenated alkanes) is 11. The molecular formula is C22H44N2O2. The van der Waals surface area contributed by atoms with E-state index in [4.69, 9.17) is 5.11 Å². The molecule has 0 radical (unpaired) electrons. The van der Waals surface area contributed by atoms with Crippen molar-refractivity contribution in [3.05, 3.63) is 12.2 Å². The summed E-state index contributed by atoms with van der Waals surface area (Å²) in [5.41, 5.74) is 0. The van der Waals surface area contributed by atoms with Crippen LogP contribution in [-0.2, 0) is 4.79 Å². The molecular weight excluding hydrogens is 324 g/mol. The highest BCUT2D eigenvalue weighted by Gasteiger charge is 2.00. The summed E-state index contributed by atoms with van der Waals surface area (Å²) in [6.45, 7) is 4.36. The van der Waals surface area contributed by atoms with Gasteiger partial charge in [0.15, 0.2) is 0 Å². The number of nitrogens with one attached hydrogen (secondary N) is 2. The summed E-state index contributed by atoms with van der Waals surface area (Å²) in [7, 11) is 0. The Morgan fingerprint density at radius 2 is 1.35 bits per heavy atom. The van der Waals surface area contributed by atoms with E-state index in [1.165, 1.54) is 70.6 Å². The SMILES string of the molecule is CCCCCCCC/C=C\CCCCCCCC(=O)NCCNCCO. The number of carbonyl (C=O) groups excluding carboxylic acids is 1. The van der Waals surface area contributed by atoms with Gasteiger partial charge in [-0.3, -0.25) is 4.79 Å². The Morgan fingerprint density at radius 3 is 1.96 bits per heavy atom. The molecule has 3 N–H and O–H groups in total. The highest BCUT2D eigenvalue weighted by atomic mass is 16.3. The molecule has 4 nitrogen and oxygen atoms in total. The van der Waals surface area contributed by atoms with Crippen LogP contribution in [0.15, 0.2) is 12.2 Å². The summed E-state index contributed by atoms with van der Waals surface area (Å²) >= 11 is 0. The molecule has 0 rings (SSSR count). The molecule has 0 bridgehead atoms. The molecule has 0 atom stereocenters. The van der Waals surface area contributed by atoms with Gasteiger partial charge < -0.3 is 15.7 Å². The fraction of sp³-hybridized carbons (Fsp3) is 0.864. The quantitative estimate of drug-likeness (QED) is 0.215. The number of hydrogen-bond donors (Lipinski definition) is 3. The van der Waals surface area contributed by atoms with Crippen LogP contribution < -0.4 is 10.6 Å². The van der Waals surface area contributed by atoms with E-state index in [1.807, 2.05) is 0 Å². The summed E-state index contributed by atoms with van der Waals surface area (Å²) < 4.78 is 0. The molecule has 0 aliphatic heterocycles. The van der Waals surface area contributed by atoms with E-state index in [0.717, 1.165) is 19.4 Å². The van der Waals surface area contributed by atoms with Gasteiger partial charge in [-0.05, 0) is 32.1 Å². The minimum absolute atomic E-state index is 0.142. The molecule has 0 aromatic carbocycles. The van der Waals surface area contributed by atoms with Crippen LogP contribution in [0.2, 0.25) is 0 Å². The Hall–Kier alpha value is -0.870. The zero-order valence-corrected chi connectivity index (χ0v) is 17.2. The third kappa shape index (κ3) is 21.2. The summed E-state index contributed by atoms with van der Waals surface area (Å²) in [5.74, 6) is 0.147. The van der Waals surface area contributed by atoms with Crippen LogP contribution in [0.5, 0.6) is 0 Å². The van der Waals surface area contributed by atoms with Crippen LogP contribution in [0.1, 0.15) is 96.8 Å². The van der Waals surface area contributed by atoms with E-state index in [2.05, 4.69) is 29.7 Å². The van der Waals surface area contributed by atoms with Gasteiger partial charge in [-0.25, -0.2) is 0 Å². The Kier molecular flexibility index (Phi) is 21.4. The molecule has 0 unspecified atom stereocenters. The smallest absolute Gasteiger partial charge is 0.220 e. The summed E-state index contributed by atoms with van der Waals surface area (Å²) in [5, 5.41) is 14.6. The first-order valence-corrected chi connectivity index (χ1v) is 11.0. The maximum Gasteiger partial charge on any atom is 0.220 e. The van der Waals surface area contributed by atoms with Crippen molar-refractivity contribution in [2.24, 2.45) is 0 Å². The van der Waals surface area contributed by atoms with E-state index >= 15 is 0 Å². The zero-order chi connectivity index (χ0) is 19.1. The first kappa shape index (κ1) is 25.1. The number of amides is 1. The van der Waals surface area contributed by atoms with Gasteiger partial charge in [-0.1, -0.05) is 70.4 Å². The van der Waals surface area contributed by atoms with Crippen molar-refractivity contribution in [3.8, 4) is 0 Å². The van der Waals surface area contributed by atoms with Crippen LogP contribution >= 0.6 is 0 Å². The molecule has 154 valence electrons. The molecule has 0 fully saturated rings. The van der Waals surface area contributed by atoms with Crippen molar-refractivity contribution in [2.75, 3.05) is 26.2 Å². The van der Waals surface area contributed by atoms with Gasteiger partial charge in [-0.2, -0.15) is 0 Å². The minimum Gasteiger partial charge on any atom is -0.395 e. The van der Waals surface area contributed by atoms with Crippen molar-refractivity contribution in [2.45, 2.75) is 96.8 Å². The number of hydrogen-bond acceptors (Lipinski definition) is 3. The van der Waals surface area contributed by atoms with Gasteiger partial charge in [0, 0.05) is 26.1 Å². The highest BCUT2D eigenvalue weighted by Crippen LogP contribution is 2.09. The summed E-state index contributed by atoms with van der Waals surface area (Å²) in [6, 6.07) is 0. The minimum atomic E-state index is 0.142. The predicted octanol–water partition coefficient (Wildman–Crippen LogP) is 4.72. The van der Waals surface area contributed by atoms with Gasteiger partial charge in [0.25, 0.3) is 0 Å². The topological polar surface area (TPSA) is 61.4 Å². The first-order chi connectivity index (χ1) is 12.8. The van der Waals surface area contributed by atoms with E-state index in [9.17, 15) is 4.79 Å². The normalized spacial score (nSPS) is 11.3. The number of allylic oxidation sites excluding steroid dienone is 2. The van der Waals surface area contributed by atoms with E-state index < -0.39 is 0 Å². The predicted molar refractivity (Wildman–Crippen MR) is 112 cm³/mol. The number of carbonyl (C=O) groups is 1. The zero-order valence-electron chi connectivity index (χ0n) is 17.2. The largest absolute Gasteiger partial charge is 0.395 e. The van der Waals surface area contributed by atoms with Gasteiger partial charge >= 0.3 is 0 Å².